The normalized spacial score (nSPS) is 46.7. The number of hydrogen-bond donors (Lipinski definition) is 1. The lowest BCUT2D eigenvalue weighted by molar-refractivity contribution is -0.152. The third-order valence-corrected chi connectivity index (χ3v) is 9.64. The van der Waals surface area contributed by atoms with Crippen LogP contribution in [0.1, 0.15) is 78.1 Å². The average Bonchev–Trinajstić information content (AvgIpc) is 3.31. The maximum Gasteiger partial charge on any atom is 0.139 e. The molecule has 0 radical (unpaired) electrons. The van der Waals surface area contributed by atoms with Crippen LogP contribution < -0.4 is 5.32 Å². The molecule has 4 aliphatic carbocycles. The van der Waals surface area contributed by atoms with E-state index in [2.05, 4.69) is 24.3 Å². The molecule has 0 aromatic carbocycles. The largest absolute Gasteiger partial charge is 0.394 e. The van der Waals surface area contributed by atoms with Crippen LogP contribution in [0.15, 0.2) is 5.16 Å². The molecule has 5 rings (SSSR count). The van der Waals surface area contributed by atoms with Crippen molar-refractivity contribution in [2.75, 3.05) is 13.2 Å². The van der Waals surface area contributed by atoms with E-state index >= 15 is 0 Å². The molecule has 1 N–H and O–H groups in total. The predicted octanol–water partition coefficient (Wildman–Crippen LogP) is 4.32. The van der Waals surface area contributed by atoms with Crippen LogP contribution in [0.3, 0.4) is 0 Å². The zero-order valence-corrected chi connectivity index (χ0v) is 19.3. The molecule has 7 atom stereocenters. The van der Waals surface area contributed by atoms with Crippen LogP contribution in [0.5, 0.6) is 0 Å². The molecule has 4 saturated carbocycles. The van der Waals surface area contributed by atoms with Crippen LogP contribution in [0.4, 0.5) is 0 Å². The van der Waals surface area contributed by atoms with Crippen molar-refractivity contribution in [1.29, 1.82) is 0 Å². The number of hydrogen-bond acceptors (Lipinski definition) is 5. The van der Waals surface area contributed by atoms with Crippen LogP contribution >= 0.6 is 12.4 Å². The summed E-state index contributed by atoms with van der Waals surface area (Å²) in [5.41, 5.74) is 0.988. The Morgan fingerprint density at radius 3 is 2.67 bits per heavy atom. The lowest BCUT2D eigenvalue weighted by Gasteiger charge is -2.58. The van der Waals surface area contributed by atoms with Crippen molar-refractivity contribution in [3.8, 4) is 0 Å². The number of Topliss-reactive ketones (excluding diaryl/α,β-unsaturated/α-hetero) is 2. The molecular weight excluding hydrogens is 400 g/mol. The van der Waals surface area contributed by atoms with Gasteiger partial charge in [-0.3, -0.25) is 9.59 Å². The second-order valence-electron chi connectivity index (χ2n) is 11.0. The van der Waals surface area contributed by atoms with Crippen molar-refractivity contribution >= 4 is 29.7 Å². The molecule has 0 aromatic heterocycles. The minimum absolute atomic E-state index is 0. The van der Waals surface area contributed by atoms with E-state index in [0.717, 1.165) is 63.6 Å². The molecule has 1 unspecified atom stereocenters. The summed E-state index contributed by atoms with van der Waals surface area (Å²) in [6.45, 7) is 6.27. The first kappa shape index (κ1) is 22.3. The Morgan fingerprint density at radius 1 is 1.07 bits per heavy atom. The number of nitrogens with one attached hydrogen (secondary N) is 1. The first-order valence-corrected chi connectivity index (χ1v) is 11.9. The van der Waals surface area contributed by atoms with Crippen molar-refractivity contribution in [3.63, 3.8) is 0 Å². The first-order valence-electron chi connectivity index (χ1n) is 11.9. The monoisotopic (exact) mass is 436 g/mol. The summed E-state index contributed by atoms with van der Waals surface area (Å²) >= 11 is 0. The number of carbonyl (C=O) groups excluding carboxylic acids is 2. The van der Waals surface area contributed by atoms with Gasteiger partial charge in [-0.2, -0.15) is 0 Å². The first-order chi connectivity index (χ1) is 13.9. The van der Waals surface area contributed by atoms with Crippen LogP contribution in [-0.4, -0.2) is 36.5 Å². The van der Waals surface area contributed by atoms with Gasteiger partial charge in [0.15, 0.2) is 0 Å². The number of carbonyl (C=O) groups is 2. The van der Waals surface area contributed by atoms with Gasteiger partial charge in [-0.1, -0.05) is 19.0 Å². The number of fused-ring (bicyclic) bond motifs is 5. The van der Waals surface area contributed by atoms with Gasteiger partial charge in [0, 0.05) is 30.2 Å². The maximum atomic E-state index is 13.3. The Hall–Kier alpha value is -0.940. The zero-order chi connectivity index (χ0) is 20.2. The molecule has 30 heavy (non-hydrogen) atoms. The van der Waals surface area contributed by atoms with E-state index in [9.17, 15) is 9.59 Å². The Kier molecular flexibility index (Phi) is 6.08. The van der Waals surface area contributed by atoms with Crippen molar-refractivity contribution in [2.24, 2.45) is 39.7 Å². The average molecular weight is 437 g/mol. The Bertz CT molecular complexity index is 734. The topological polar surface area (TPSA) is 67.8 Å². The van der Waals surface area contributed by atoms with Gasteiger partial charge in [-0.25, -0.2) is 0 Å². The number of halogens is 1. The fourth-order valence-corrected chi connectivity index (χ4v) is 7.82. The third kappa shape index (κ3) is 3.44. The number of oxime groups is 1. The van der Waals surface area contributed by atoms with Crippen molar-refractivity contribution in [1.82, 2.24) is 5.32 Å². The van der Waals surface area contributed by atoms with Crippen LogP contribution in [0.25, 0.3) is 0 Å². The van der Waals surface area contributed by atoms with Gasteiger partial charge in [-0.05, 0) is 81.1 Å². The van der Waals surface area contributed by atoms with Crippen molar-refractivity contribution in [2.45, 2.75) is 84.1 Å². The van der Waals surface area contributed by atoms with Crippen LogP contribution in [0.2, 0.25) is 0 Å². The highest BCUT2D eigenvalue weighted by molar-refractivity contribution is 5.93. The molecule has 0 bridgehead atoms. The Labute approximate surface area is 186 Å². The van der Waals surface area contributed by atoms with E-state index in [1.807, 2.05) is 0 Å². The van der Waals surface area contributed by atoms with Gasteiger partial charge >= 0.3 is 0 Å². The summed E-state index contributed by atoms with van der Waals surface area (Å²) in [7, 11) is 0. The molecule has 5 fully saturated rings. The second kappa shape index (κ2) is 8.20. The second-order valence-corrected chi connectivity index (χ2v) is 11.0. The van der Waals surface area contributed by atoms with Gasteiger partial charge in [-0.15, -0.1) is 12.4 Å². The summed E-state index contributed by atoms with van der Waals surface area (Å²) in [4.78, 5) is 31.5. The molecule has 1 saturated heterocycles. The minimum Gasteiger partial charge on any atom is -0.394 e. The van der Waals surface area contributed by atoms with Crippen LogP contribution in [0, 0.1) is 34.5 Å². The fraction of sp³-hybridized carbons (Fsp3) is 0.875. The highest BCUT2D eigenvalue weighted by atomic mass is 35.5. The quantitative estimate of drug-likeness (QED) is 0.669. The van der Waals surface area contributed by atoms with Crippen molar-refractivity contribution in [3.05, 3.63) is 0 Å². The number of rotatable bonds is 3. The van der Waals surface area contributed by atoms with E-state index in [-0.39, 0.29) is 29.2 Å². The van der Waals surface area contributed by atoms with Gasteiger partial charge in [0.1, 0.15) is 18.2 Å². The highest BCUT2D eigenvalue weighted by Gasteiger charge is 2.62. The molecule has 1 aliphatic heterocycles. The SMILES string of the molecule is C[C@]12CCC(=NOC[C@H]3CCCN3)CC1C(=O)C[C@@H]1[C@H]2CC[C@]2(C)C(=O)CC[C@@H]12.Cl. The molecule has 5 aliphatic rings. The van der Waals surface area contributed by atoms with Gasteiger partial charge < -0.3 is 10.2 Å². The van der Waals surface area contributed by atoms with E-state index in [4.69, 9.17) is 4.84 Å². The number of ketones is 2. The lowest BCUT2D eigenvalue weighted by atomic mass is 9.45. The van der Waals surface area contributed by atoms with Gasteiger partial charge in [0.2, 0.25) is 0 Å². The van der Waals surface area contributed by atoms with E-state index < -0.39 is 0 Å². The molecule has 6 heteroatoms. The van der Waals surface area contributed by atoms with Crippen LogP contribution in [-0.2, 0) is 14.4 Å². The molecule has 0 aromatic rings. The van der Waals surface area contributed by atoms with E-state index in [1.165, 1.54) is 6.42 Å². The third-order valence-electron chi connectivity index (χ3n) is 9.64. The fourth-order valence-electron chi connectivity index (χ4n) is 7.82. The van der Waals surface area contributed by atoms with E-state index in [0.29, 0.717) is 48.4 Å². The molecular formula is C24H37ClN2O3. The summed E-state index contributed by atoms with van der Waals surface area (Å²) in [6.07, 6.45) is 9.67. The summed E-state index contributed by atoms with van der Waals surface area (Å²) in [6, 6.07) is 0.427. The molecule has 5 nitrogen and oxygen atoms in total. The standard InChI is InChI=1S/C24H36N2O3.ClH/c1-23-9-7-15(26-29-14-16-4-3-11-25-16)12-20(23)21(27)13-17-18-5-6-22(28)24(18,2)10-8-19(17)23;/h16-20,25H,3-14H2,1-2H3;1H/t16-,17+,18+,19-,20?,23-,24+;/m1./s1. The Balaban J connectivity index is 0.00000218. The van der Waals surface area contributed by atoms with Gasteiger partial charge in [0.25, 0.3) is 0 Å². The summed E-state index contributed by atoms with van der Waals surface area (Å²) < 4.78 is 0. The molecule has 0 amide bonds. The Morgan fingerprint density at radius 2 is 1.90 bits per heavy atom. The molecule has 1 heterocycles. The van der Waals surface area contributed by atoms with Gasteiger partial charge in [0.05, 0.1) is 5.71 Å². The highest BCUT2D eigenvalue weighted by Crippen LogP contribution is 2.64. The zero-order valence-electron chi connectivity index (χ0n) is 18.5. The summed E-state index contributed by atoms with van der Waals surface area (Å²) in [5, 5.41) is 7.90. The number of nitrogens with zero attached hydrogens (tertiary/aromatic N) is 1. The lowest BCUT2D eigenvalue weighted by Crippen LogP contribution is -2.56. The van der Waals surface area contributed by atoms with Crippen molar-refractivity contribution < 1.29 is 14.4 Å². The minimum atomic E-state index is -0.159. The summed E-state index contributed by atoms with van der Waals surface area (Å²) in [5.74, 6) is 2.38. The van der Waals surface area contributed by atoms with E-state index in [1.54, 1.807) is 0 Å². The maximum absolute atomic E-state index is 13.3. The predicted molar refractivity (Wildman–Crippen MR) is 119 cm³/mol. The smallest absolute Gasteiger partial charge is 0.139 e. The molecule has 0 spiro atoms. The molecule has 168 valence electrons.